The van der Waals surface area contributed by atoms with Crippen LogP contribution in [0.5, 0.6) is 0 Å². The van der Waals surface area contributed by atoms with Crippen LogP contribution in [0.1, 0.15) is 59.8 Å². The van der Waals surface area contributed by atoms with Crippen LogP contribution in [-0.4, -0.2) is 29.6 Å². The zero-order valence-corrected chi connectivity index (χ0v) is 11.6. The van der Waals surface area contributed by atoms with Crippen molar-refractivity contribution in [1.29, 1.82) is 0 Å². The summed E-state index contributed by atoms with van der Waals surface area (Å²) in [6.07, 6.45) is 6.72. The van der Waals surface area contributed by atoms with Crippen molar-refractivity contribution in [3.8, 4) is 0 Å². The average Bonchev–Trinajstić information content (AvgIpc) is 3.07. The highest BCUT2D eigenvalue weighted by molar-refractivity contribution is 5.01. The average molecular weight is 226 g/mol. The first kappa shape index (κ1) is 14.0. The Morgan fingerprint density at radius 1 is 1.31 bits per heavy atom. The summed E-state index contributed by atoms with van der Waals surface area (Å²) in [4.78, 5) is 2.65. The highest BCUT2D eigenvalue weighted by atomic mass is 15.2. The third-order valence-corrected chi connectivity index (χ3v) is 4.15. The molecule has 2 N–H and O–H groups in total. The summed E-state index contributed by atoms with van der Waals surface area (Å²) in [6, 6.07) is 0.617. The summed E-state index contributed by atoms with van der Waals surface area (Å²) in [5.41, 5.74) is 6.30. The predicted octanol–water partition coefficient (Wildman–Crippen LogP) is 3.01. The van der Waals surface area contributed by atoms with Crippen molar-refractivity contribution in [2.45, 2.75) is 71.4 Å². The van der Waals surface area contributed by atoms with Crippen LogP contribution in [0.3, 0.4) is 0 Å². The molecule has 1 saturated carbocycles. The third-order valence-electron chi connectivity index (χ3n) is 4.15. The molecule has 0 bridgehead atoms. The quantitative estimate of drug-likeness (QED) is 0.645. The molecule has 2 heteroatoms. The molecule has 96 valence electrons. The van der Waals surface area contributed by atoms with Crippen LogP contribution in [0, 0.1) is 5.92 Å². The van der Waals surface area contributed by atoms with Gasteiger partial charge in [-0.15, -0.1) is 0 Å². The Bertz CT molecular complexity index is 199. The van der Waals surface area contributed by atoms with E-state index in [4.69, 9.17) is 5.73 Å². The van der Waals surface area contributed by atoms with Gasteiger partial charge in [0.25, 0.3) is 0 Å². The van der Waals surface area contributed by atoms with Gasteiger partial charge in [-0.3, -0.25) is 4.90 Å². The van der Waals surface area contributed by atoms with Gasteiger partial charge >= 0.3 is 0 Å². The van der Waals surface area contributed by atoms with Gasteiger partial charge in [-0.25, -0.2) is 0 Å². The standard InChI is InChI=1S/C14H30N2/c1-5-6-7-10-16(12(2)3)14(4,11-15)13-8-9-13/h12-13H,5-11,15H2,1-4H3. The molecule has 2 nitrogen and oxygen atoms in total. The second kappa shape index (κ2) is 6.02. The number of rotatable bonds is 8. The van der Waals surface area contributed by atoms with Crippen molar-refractivity contribution in [3.05, 3.63) is 0 Å². The maximum Gasteiger partial charge on any atom is 0.0334 e. The Morgan fingerprint density at radius 3 is 2.31 bits per heavy atom. The van der Waals surface area contributed by atoms with Gasteiger partial charge in [0.05, 0.1) is 0 Å². The van der Waals surface area contributed by atoms with E-state index in [1.54, 1.807) is 0 Å². The summed E-state index contributed by atoms with van der Waals surface area (Å²) in [5.74, 6) is 0.849. The van der Waals surface area contributed by atoms with E-state index in [9.17, 15) is 0 Å². The first-order chi connectivity index (χ1) is 7.56. The molecule has 0 aromatic heterocycles. The number of unbranched alkanes of at least 4 members (excludes halogenated alkanes) is 2. The summed E-state index contributed by atoms with van der Waals surface area (Å²) in [7, 11) is 0. The second-order valence-corrected chi connectivity index (χ2v) is 5.83. The molecule has 1 aliphatic carbocycles. The van der Waals surface area contributed by atoms with Crippen LogP contribution in [0.15, 0.2) is 0 Å². The minimum atomic E-state index is 0.252. The molecule has 1 unspecified atom stereocenters. The molecule has 0 saturated heterocycles. The zero-order chi connectivity index (χ0) is 12.2. The Kier molecular flexibility index (Phi) is 5.26. The number of nitrogens with two attached hydrogens (primary N) is 1. The van der Waals surface area contributed by atoms with Crippen LogP contribution >= 0.6 is 0 Å². The maximum atomic E-state index is 6.05. The molecule has 1 rings (SSSR count). The van der Waals surface area contributed by atoms with Crippen LogP contribution in [0.4, 0.5) is 0 Å². The maximum absolute atomic E-state index is 6.05. The highest BCUT2D eigenvalue weighted by Crippen LogP contribution is 2.43. The molecular formula is C14H30N2. The van der Waals surface area contributed by atoms with E-state index in [-0.39, 0.29) is 5.54 Å². The second-order valence-electron chi connectivity index (χ2n) is 5.83. The van der Waals surface area contributed by atoms with Crippen molar-refractivity contribution < 1.29 is 0 Å². The van der Waals surface area contributed by atoms with Crippen molar-refractivity contribution in [2.24, 2.45) is 11.7 Å². The van der Waals surface area contributed by atoms with Crippen molar-refractivity contribution in [2.75, 3.05) is 13.1 Å². The van der Waals surface area contributed by atoms with Crippen LogP contribution < -0.4 is 5.73 Å². The van der Waals surface area contributed by atoms with E-state index in [0.717, 1.165) is 12.5 Å². The van der Waals surface area contributed by atoms with Crippen molar-refractivity contribution in [1.82, 2.24) is 4.90 Å². The highest BCUT2D eigenvalue weighted by Gasteiger charge is 2.45. The van der Waals surface area contributed by atoms with E-state index in [1.165, 1.54) is 38.6 Å². The lowest BCUT2D eigenvalue weighted by molar-refractivity contribution is 0.0556. The molecule has 1 atom stereocenters. The van der Waals surface area contributed by atoms with E-state index >= 15 is 0 Å². The van der Waals surface area contributed by atoms with Gasteiger partial charge in [-0.05, 0) is 52.5 Å². The Labute approximate surface area is 102 Å². The fourth-order valence-corrected chi connectivity index (χ4v) is 2.86. The minimum absolute atomic E-state index is 0.252. The molecule has 0 aromatic rings. The van der Waals surface area contributed by atoms with Gasteiger partial charge in [0.1, 0.15) is 0 Å². The van der Waals surface area contributed by atoms with Gasteiger partial charge < -0.3 is 5.73 Å². The molecule has 0 heterocycles. The first-order valence-electron chi connectivity index (χ1n) is 7.03. The monoisotopic (exact) mass is 226 g/mol. The summed E-state index contributed by atoms with van der Waals surface area (Å²) >= 11 is 0. The Hall–Kier alpha value is -0.0800. The fourth-order valence-electron chi connectivity index (χ4n) is 2.86. The minimum Gasteiger partial charge on any atom is -0.329 e. The molecule has 0 spiro atoms. The molecule has 1 fully saturated rings. The van der Waals surface area contributed by atoms with E-state index < -0.39 is 0 Å². The summed E-state index contributed by atoms with van der Waals surface area (Å²) in [6.45, 7) is 11.3. The number of hydrogen-bond acceptors (Lipinski definition) is 2. The fraction of sp³-hybridized carbons (Fsp3) is 1.00. The van der Waals surface area contributed by atoms with Crippen LogP contribution in [-0.2, 0) is 0 Å². The third kappa shape index (κ3) is 3.21. The lowest BCUT2D eigenvalue weighted by Gasteiger charge is -2.44. The molecule has 16 heavy (non-hydrogen) atoms. The van der Waals surface area contributed by atoms with Gasteiger partial charge in [-0.2, -0.15) is 0 Å². The van der Waals surface area contributed by atoms with Crippen molar-refractivity contribution in [3.63, 3.8) is 0 Å². The smallest absolute Gasteiger partial charge is 0.0334 e. The topological polar surface area (TPSA) is 29.3 Å². The van der Waals surface area contributed by atoms with Gasteiger partial charge in [0, 0.05) is 18.1 Å². The largest absolute Gasteiger partial charge is 0.329 e. The SMILES string of the molecule is CCCCCN(C(C)C)C(C)(CN)C1CC1. The molecule has 1 aliphatic rings. The molecule has 0 radical (unpaired) electrons. The predicted molar refractivity (Wildman–Crippen MR) is 71.6 cm³/mol. The molecule has 0 aliphatic heterocycles. The number of hydrogen-bond donors (Lipinski definition) is 1. The lowest BCUT2D eigenvalue weighted by Crippen LogP contribution is -2.56. The summed E-state index contributed by atoms with van der Waals surface area (Å²) < 4.78 is 0. The van der Waals surface area contributed by atoms with Crippen molar-refractivity contribution >= 4 is 0 Å². The Balaban J connectivity index is 2.59. The van der Waals surface area contributed by atoms with Crippen LogP contribution in [0.2, 0.25) is 0 Å². The molecular weight excluding hydrogens is 196 g/mol. The van der Waals surface area contributed by atoms with Gasteiger partial charge in [0.15, 0.2) is 0 Å². The molecule has 0 aromatic carbocycles. The van der Waals surface area contributed by atoms with E-state index in [1.807, 2.05) is 0 Å². The normalized spacial score (nSPS) is 20.4. The van der Waals surface area contributed by atoms with E-state index in [2.05, 4.69) is 32.6 Å². The first-order valence-corrected chi connectivity index (χ1v) is 7.03. The van der Waals surface area contributed by atoms with Gasteiger partial charge in [0.2, 0.25) is 0 Å². The van der Waals surface area contributed by atoms with E-state index in [0.29, 0.717) is 6.04 Å². The Morgan fingerprint density at radius 2 is 1.94 bits per heavy atom. The van der Waals surface area contributed by atoms with Crippen LogP contribution in [0.25, 0.3) is 0 Å². The number of nitrogens with zero attached hydrogens (tertiary/aromatic N) is 1. The lowest BCUT2D eigenvalue weighted by atomic mass is 9.91. The van der Waals surface area contributed by atoms with Gasteiger partial charge in [-0.1, -0.05) is 19.8 Å². The summed E-state index contributed by atoms with van der Waals surface area (Å²) in [5, 5.41) is 0. The zero-order valence-electron chi connectivity index (χ0n) is 11.6. The molecule has 0 amide bonds.